The highest BCUT2D eigenvalue weighted by Crippen LogP contribution is 2.22. The molecule has 2 amide bonds. The van der Waals surface area contributed by atoms with Crippen LogP contribution >= 0.6 is 11.6 Å². The summed E-state index contributed by atoms with van der Waals surface area (Å²) in [7, 11) is 0. The van der Waals surface area contributed by atoms with E-state index < -0.39 is 0 Å². The Balaban J connectivity index is 2.28. The van der Waals surface area contributed by atoms with Crippen molar-refractivity contribution in [1.82, 2.24) is 0 Å². The van der Waals surface area contributed by atoms with Gasteiger partial charge in [0.15, 0.2) is 0 Å². The molecular formula is C17H19ClN2O. The number of rotatable bonds is 4. The van der Waals surface area contributed by atoms with E-state index in [0.717, 1.165) is 11.4 Å². The summed E-state index contributed by atoms with van der Waals surface area (Å²) in [6.07, 6.45) is 0. The topological polar surface area (TPSA) is 23.6 Å². The van der Waals surface area contributed by atoms with Gasteiger partial charge >= 0.3 is 6.03 Å². The Bertz CT molecular complexity index is 583. The molecule has 2 aromatic rings. The standard InChI is InChI=1S/C17H19ClN2O/c1-3-19(15-8-6-5-7-9-15)17(21)20(4-2)16-12-10-14(18)11-13-16/h5-13H,3-4H2,1-2H3. The Kier molecular flexibility index (Phi) is 5.23. The van der Waals surface area contributed by atoms with Crippen LogP contribution in [0.15, 0.2) is 54.6 Å². The number of carbonyl (C=O) groups excluding carboxylic acids is 1. The number of nitrogens with zero attached hydrogens (tertiary/aromatic N) is 2. The van der Waals surface area contributed by atoms with E-state index in [-0.39, 0.29) is 6.03 Å². The highest BCUT2D eigenvalue weighted by molar-refractivity contribution is 6.30. The maximum Gasteiger partial charge on any atom is 0.328 e. The normalized spacial score (nSPS) is 10.2. The quantitative estimate of drug-likeness (QED) is 0.795. The molecule has 0 heterocycles. The SMILES string of the molecule is CCN(C(=O)N(CC)c1ccc(Cl)cc1)c1ccccc1. The molecule has 0 fully saturated rings. The molecule has 21 heavy (non-hydrogen) atoms. The van der Waals surface area contributed by atoms with Crippen LogP contribution in [-0.2, 0) is 0 Å². The second-order valence-corrected chi connectivity index (χ2v) is 5.02. The minimum Gasteiger partial charge on any atom is -0.294 e. The van der Waals surface area contributed by atoms with Crippen LogP contribution in [0.1, 0.15) is 13.8 Å². The lowest BCUT2D eigenvalue weighted by molar-refractivity contribution is 0.252. The Morgan fingerprint density at radius 1 is 0.857 bits per heavy atom. The van der Waals surface area contributed by atoms with Crippen molar-refractivity contribution >= 4 is 29.0 Å². The molecule has 0 aliphatic heterocycles. The molecule has 110 valence electrons. The lowest BCUT2D eigenvalue weighted by Crippen LogP contribution is -2.43. The molecule has 0 radical (unpaired) electrons. The summed E-state index contributed by atoms with van der Waals surface area (Å²) in [4.78, 5) is 16.3. The zero-order chi connectivity index (χ0) is 15.2. The average Bonchev–Trinajstić information content (AvgIpc) is 2.52. The van der Waals surface area contributed by atoms with E-state index >= 15 is 0 Å². The summed E-state index contributed by atoms with van der Waals surface area (Å²) in [5.74, 6) is 0. The molecule has 0 bridgehead atoms. The minimum absolute atomic E-state index is 0.0338. The summed E-state index contributed by atoms with van der Waals surface area (Å²) in [5.41, 5.74) is 1.75. The maximum atomic E-state index is 12.8. The highest BCUT2D eigenvalue weighted by Gasteiger charge is 2.21. The first-order valence-corrected chi connectivity index (χ1v) is 7.44. The molecule has 0 aromatic heterocycles. The smallest absolute Gasteiger partial charge is 0.294 e. The van der Waals surface area contributed by atoms with E-state index in [1.165, 1.54) is 0 Å². The largest absolute Gasteiger partial charge is 0.328 e. The van der Waals surface area contributed by atoms with Crippen LogP contribution in [-0.4, -0.2) is 19.1 Å². The Morgan fingerprint density at radius 2 is 1.33 bits per heavy atom. The first-order valence-electron chi connectivity index (χ1n) is 7.07. The van der Waals surface area contributed by atoms with Crippen molar-refractivity contribution in [3.05, 3.63) is 59.6 Å². The van der Waals surface area contributed by atoms with Crippen LogP contribution in [0.5, 0.6) is 0 Å². The summed E-state index contributed by atoms with van der Waals surface area (Å²) in [6.45, 7) is 5.16. The van der Waals surface area contributed by atoms with E-state index in [9.17, 15) is 4.79 Å². The molecular weight excluding hydrogens is 284 g/mol. The number of amides is 2. The Labute approximate surface area is 130 Å². The zero-order valence-corrected chi connectivity index (χ0v) is 13.0. The van der Waals surface area contributed by atoms with Gasteiger partial charge in [0.05, 0.1) is 0 Å². The first-order chi connectivity index (χ1) is 10.2. The predicted octanol–water partition coefficient (Wildman–Crippen LogP) is 4.81. The van der Waals surface area contributed by atoms with E-state index in [4.69, 9.17) is 11.6 Å². The molecule has 2 aromatic carbocycles. The van der Waals surface area contributed by atoms with Gasteiger partial charge < -0.3 is 0 Å². The zero-order valence-electron chi connectivity index (χ0n) is 12.3. The van der Waals surface area contributed by atoms with Crippen molar-refractivity contribution in [2.45, 2.75) is 13.8 Å². The molecule has 0 saturated heterocycles. The molecule has 0 saturated carbocycles. The van der Waals surface area contributed by atoms with Gasteiger partial charge in [-0.1, -0.05) is 29.8 Å². The van der Waals surface area contributed by atoms with Crippen molar-refractivity contribution in [2.24, 2.45) is 0 Å². The summed E-state index contributed by atoms with van der Waals surface area (Å²) < 4.78 is 0. The molecule has 0 aliphatic rings. The fraction of sp³-hybridized carbons (Fsp3) is 0.235. The number of carbonyl (C=O) groups is 1. The van der Waals surface area contributed by atoms with Gasteiger partial charge in [-0.05, 0) is 50.2 Å². The minimum atomic E-state index is -0.0338. The van der Waals surface area contributed by atoms with Crippen LogP contribution in [0.2, 0.25) is 5.02 Å². The van der Waals surface area contributed by atoms with E-state index in [1.807, 2.05) is 56.3 Å². The highest BCUT2D eigenvalue weighted by atomic mass is 35.5. The first kappa shape index (κ1) is 15.4. The molecule has 0 atom stereocenters. The third kappa shape index (κ3) is 3.56. The maximum absolute atomic E-state index is 12.8. The van der Waals surface area contributed by atoms with E-state index in [1.54, 1.807) is 21.9 Å². The van der Waals surface area contributed by atoms with Gasteiger partial charge in [-0.3, -0.25) is 9.80 Å². The number of hydrogen-bond acceptors (Lipinski definition) is 1. The molecule has 4 heteroatoms. The van der Waals surface area contributed by atoms with Gasteiger partial charge in [-0.25, -0.2) is 4.79 Å². The Hall–Kier alpha value is -2.00. The molecule has 0 N–H and O–H groups in total. The summed E-state index contributed by atoms with van der Waals surface area (Å²) in [6, 6.07) is 17.0. The molecule has 0 unspecified atom stereocenters. The molecule has 2 rings (SSSR count). The fourth-order valence-electron chi connectivity index (χ4n) is 2.23. The average molecular weight is 303 g/mol. The van der Waals surface area contributed by atoms with Gasteiger partial charge in [0.1, 0.15) is 0 Å². The summed E-state index contributed by atoms with van der Waals surface area (Å²) >= 11 is 5.91. The summed E-state index contributed by atoms with van der Waals surface area (Å²) in [5, 5.41) is 0.664. The Morgan fingerprint density at radius 3 is 1.81 bits per heavy atom. The fourth-order valence-corrected chi connectivity index (χ4v) is 2.36. The number of hydrogen-bond donors (Lipinski definition) is 0. The van der Waals surface area contributed by atoms with Crippen LogP contribution in [0, 0.1) is 0 Å². The lowest BCUT2D eigenvalue weighted by Gasteiger charge is -2.29. The number of benzene rings is 2. The van der Waals surface area contributed by atoms with Crippen LogP contribution in [0.4, 0.5) is 16.2 Å². The van der Waals surface area contributed by atoms with Crippen molar-refractivity contribution in [2.75, 3.05) is 22.9 Å². The van der Waals surface area contributed by atoms with E-state index in [0.29, 0.717) is 18.1 Å². The third-order valence-corrected chi connectivity index (χ3v) is 3.55. The van der Waals surface area contributed by atoms with Crippen LogP contribution in [0.25, 0.3) is 0 Å². The van der Waals surface area contributed by atoms with Crippen molar-refractivity contribution in [3.63, 3.8) is 0 Å². The second kappa shape index (κ2) is 7.14. The van der Waals surface area contributed by atoms with Gasteiger partial charge in [0.2, 0.25) is 0 Å². The van der Waals surface area contributed by atoms with Gasteiger partial charge in [0, 0.05) is 29.5 Å². The number of para-hydroxylation sites is 1. The third-order valence-electron chi connectivity index (χ3n) is 3.30. The monoisotopic (exact) mass is 302 g/mol. The van der Waals surface area contributed by atoms with Crippen LogP contribution in [0.3, 0.4) is 0 Å². The lowest BCUT2D eigenvalue weighted by atomic mass is 10.2. The van der Waals surface area contributed by atoms with Gasteiger partial charge in [-0.15, -0.1) is 0 Å². The van der Waals surface area contributed by atoms with Crippen molar-refractivity contribution in [3.8, 4) is 0 Å². The molecule has 0 aliphatic carbocycles. The second-order valence-electron chi connectivity index (χ2n) is 4.58. The van der Waals surface area contributed by atoms with Crippen molar-refractivity contribution in [1.29, 1.82) is 0 Å². The number of urea groups is 1. The predicted molar refractivity (Wildman–Crippen MR) is 89.3 cm³/mol. The number of halogens is 1. The number of anilines is 2. The van der Waals surface area contributed by atoms with Gasteiger partial charge in [-0.2, -0.15) is 0 Å². The molecule has 0 spiro atoms. The van der Waals surface area contributed by atoms with E-state index in [2.05, 4.69) is 0 Å². The molecule has 3 nitrogen and oxygen atoms in total. The van der Waals surface area contributed by atoms with Crippen molar-refractivity contribution < 1.29 is 4.79 Å². The van der Waals surface area contributed by atoms with Crippen LogP contribution < -0.4 is 9.80 Å². The van der Waals surface area contributed by atoms with Gasteiger partial charge in [0.25, 0.3) is 0 Å².